The minimum Gasteiger partial charge on any atom is -0.364 e. The van der Waals surface area contributed by atoms with Gasteiger partial charge in [-0.15, -0.1) is 22.7 Å². The van der Waals surface area contributed by atoms with Gasteiger partial charge in [-0.25, -0.2) is 4.98 Å². The first-order valence-corrected chi connectivity index (χ1v) is 7.44. The molecule has 0 aliphatic carbocycles. The van der Waals surface area contributed by atoms with Gasteiger partial charge in [0, 0.05) is 18.2 Å². The van der Waals surface area contributed by atoms with Gasteiger partial charge in [-0.3, -0.25) is 14.4 Å². The number of rotatable bonds is 6. The van der Waals surface area contributed by atoms with Crippen molar-refractivity contribution in [2.24, 2.45) is 5.73 Å². The van der Waals surface area contributed by atoms with Crippen LogP contribution in [-0.2, 0) is 4.79 Å². The van der Waals surface area contributed by atoms with E-state index in [9.17, 15) is 14.4 Å². The van der Waals surface area contributed by atoms with Crippen LogP contribution >= 0.6 is 22.7 Å². The molecule has 104 valence electrons. The van der Waals surface area contributed by atoms with E-state index in [2.05, 4.69) is 10.3 Å². The van der Waals surface area contributed by atoms with E-state index in [1.807, 2.05) is 5.38 Å². The van der Waals surface area contributed by atoms with Gasteiger partial charge in [0.15, 0.2) is 10.9 Å². The Bertz CT molecular complexity index is 634. The fourth-order valence-electron chi connectivity index (χ4n) is 1.41. The molecule has 2 aromatic heterocycles. The van der Waals surface area contributed by atoms with Gasteiger partial charge in [-0.05, 0) is 11.4 Å². The Hall–Kier alpha value is -2.06. The summed E-state index contributed by atoms with van der Waals surface area (Å²) >= 11 is 2.46. The second-order valence-electron chi connectivity index (χ2n) is 3.85. The SMILES string of the molecule is NC(=O)c1csc(NC(=O)CCC(=O)c2cccs2)n1. The van der Waals surface area contributed by atoms with Crippen molar-refractivity contribution < 1.29 is 14.4 Å². The Kier molecular flexibility index (Phi) is 4.59. The molecule has 0 aliphatic rings. The molecule has 0 bridgehead atoms. The highest BCUT2D eigenvalue weighted by Gasteiger charge is 2.12. The van der Waals surface area contributed by atoms with E-state index in [1.165, 1.54) is 16.7 Å². The average molecular weight is 309 g/mol. The van der Waals surface area contributed by atoms with E-state index in [0.29, 0.717) is 10.0 Å². The van der Waals surface area contributed by atoms with Crippen LogP contribution in [-0.4, -0.2) is 22.6 Å². The molecule has 0 saturated heterocycles. The standard InChI is InChI=1S/C12H11N3O3S2/c13-11(18)7-6-20-12(14-7)15-10(17)4-3-8(16)9-2-1-5-19-9/h1-2,5-6H,3-4H2,(H2,13,18)(H,14,15,17). The zero-order valence-electron chi connectivity index (χ0n) is 10.3. The molecule has 2 amide bonds. The average Bonchev–Trinajstić information content (AvgIpc) is 3.06. The third-order valence-corrected chi connectivity index (χ3v) is 4.05. The summed E-state index contributed by atoms with van der Waals surface area (Å²) in [6.45, 7) is 0. The second kappa shape index (κ2) is 6.40. The minimum absolute atomic E-state index is 0.0629. The first kappa shape index (κ1) is 14.4. The number of Topliss-reactive ketones (excluding diaryl/α,β-unsaturated/α-hetero) is 1. The fraction of sp³-hybridized carbons (Fsp3) is 0.167. The van der Waals surface area contributed by atoms with E-state index in [-0.39, 0.29) is 30.2 Å². The lowest BCUT2D eigenvalue weighted by Gasteiger charge is -2.00. The van der Waals surface area contributed by atoms with Crippen LogP contribution in [0.5, 0.6) is 0 Å². The second-order valence-corrected chi connectivity index (χ2v) is 5.66. The Balaban J connectivity index is 1.83. The van der Waals surface area contributed by atoms with E-state index in [4.69, 9.17) is 5.73 Å². The van der Waals surface area contributed by atoms with Crippen LogP contribution in [0, 0.1) is 0 Å². The Morgan fingerprint density at radius 2 is 2.05 bits per heavy atom. The quantitative estimate of drug-likeness (QED) is 0.795. The first-order valence-electron chi connectivity index (χ1n) is 5.68. The molecule has 0 aliphatic heterocycles. The molecule has 0 unspecified atom stereocenters. The molecule has 0 spiro atoms. The highest BCUT2D eigenvalue weighted by Crippen LogP contribution is 2.16. The van der Waals surface area contributed by atoms with Crippen molar-refractivity contribution >= 4 is 45.4 Å². The number of primary amides is 1. The lowest BCUT2D eigenvalue weighted by Crippen LogP contribution is -2.14. The van der Waals surface area contributed by atoms with Crippen molar-refractivity contribution in [2.45, 2.75) is 12.8 Å². The summed E-state index contributed by atoms with van der Waals surface area (Å²) in [4.78, 5) is 38.7. The molecule has 20 heavy (non-hydrogen) atoms. The van der Waals surface area contributed by atoms with E-state index in [1.54, 1.807) is 12.1 Å². The van der Waals surface area contributed by atoms with Gasteiger partial charge in [0.1, 0.15) is 5.69 Å². The number of nitrogens with one attached hydrogen (secondary N) is 1. The molecule has 0 fully saturated rings. The third kappa shape index (κ3) is 3.72. The van der Waals surface area contributed by atoms with Crippen LogP contribution in [0.4, 0.5) is 5.13 Å². The van der Waals surface area contributed by atoms with E-state index < -0.39 is 5.91 Å². The molecule has 6 nitrogen and oxygen atoms in total. The van der Waals surface area contributed by atoms with Crippen molar-refractivity contribution in [1.29, 1.82) is 0 Å². The van der Waals surface area contributed by atoms with Crippen LogP contribution in [0.15, 0.2) is 22.9 Å². The maximum Gasteiger partial charge on any atom is 0.268 e. The number of aromatic nitrogens is 1. The Labute approximate surface area is 122 Å². The number of hydrogen-bond donors (Lipinski definition) is 2. The monoisotopic (exact) mass is 309 g/mol. The van der Waals surface area contributed by atoms with Crippen LogP contribution in [0.1, 0.15) is 33.0 Å². The number of carbonyl (C=O) groups excluding carboxylic acids is 3. The Morgan fingerprint density at radius 3 is 2.65 bits per heavy atom. The molecule has 2 aromatic rings. The summed E-state index contributed by atoms with van der Waals surface area (Å²) in [5.74, 6) is -1.03. The summed E-state index contributed by atoms with van der Waals surface area (Å²) in [6, 6.07) is 3.52. The largest absolute Gasteiger partial charge is 0.364 e. The zero-order valence-corrected chi connectivity index (χ0v) is 11.9. The van der Waals surface area contributed by atoms with Crippen LogP contribution in [0.2, 0.25) is 0 Å². The molecular weight excluding hydrogens is 298 g/mol. The Morgan fingerprint density at radius 1 is 1.25 bits per heavy atom. The lowest BCUT2D eigenvalue weighted by molar-refractivity contribution is -0.116. The predicted octanol–water partition coefficient (Wildman–Crippen LogP) is 1.91. The molecular formula is C12H11N3O3S2. The number of thiazole rings is 1. The van der Waals surface area contributed by atoms with Gasteiger partial charge in [0.25, 0.3) is 5.91 Å². The molecule has 2 heterocycles. The maximum atomic E-state index is 11.7. The first-order chi connectivity index (χ1) is 9.56. The molecule has 0 aromatic carbocycles. The molecule has 0 saturated carbocycles. The molecule has 2 rings (SSSR count). The fourth-order valence-corrected chi connectivity index (χ4v) is 2.82. The van der Waals surface area contributed by atoms with Crippen molar-refractivity contribution in [3.05, 3.63) is 33.5 Å². The van der Waals surface area contributed by atoms with Gasteiger partial charge >= 0.3 is 0 Å². The van der Waals surface area contributed by atoms with Gasteiger partial charge < -0.3 is 11.1 Å². The summed E-state index contributed by atoms with van der Waals surface area (Å²) < 4.78 is 0. The molecule has 8 heteroatoms. The molecule has 3 N–H and O–H groups in total. The summed E-state index contributed by atoms with van der Waals surface area (Å²) in [5.41, 5.74) is 5.17. The van der Waals surface area contributed by atoms with Crippen LogP contribution in [0.25, 0.3) is 0 Å². The molecule has 0 radical (unpaired) electrons. The van der Waals surface area contributed by atoms with Crippen molar-refractivity contribution in [3.63, 3.8) is 0 Å². The highest BCUT2D eigenvalue weighted by molar-refractivity contribution is 7.14. The third-order valence-electron chi connectivity index (χ3n) is 2.38. The normalized spacial score (nSPS) is 10.2. The summed E-state index contributed by atoms with van der Waals surface area (Å²) in [6.07, 6.45) is 0.211. The van der Waals surface area contributed by atoms with Gasteiger partial charge in [0.2, 0.25) is 5.91 Å². The van der Waals surface area contributed by atoms with Gasteiger partial charge in [-0.2, -0.15) is 0 Å². The predicted molar refractivity (Wildman–Crippen MR) is 77.1 cm³/mol. The maximum absolute atomic E-state index is 11.7. The zero-order chi connectivity index (χ0) is 14.5. The van der Waals surface area contributed by atoms with Gasteiger partial charge in [0.05, 0.1) is 4.88 Å². The smallest absolute Gasteiger partial charge is 0.268 e. The van der Waals surface area contributed by atoms with Crippen molar-refractivity contribution in [3.8, 4) is 0 Å². The number of carbonyl (C=O) groups is 3. The summed E-state index contributed by atoms with van der Waals surface area (Å²) in [5, 5.41) is 6.11. The number of nitrogens with zero attached hydrogens (tertiary/aromatic N) is 1. The van der Waals surface area contributed by atoms with Gasteiger partial charge in [-0.1, -0.05) is 6.07 Å². The highest BCUT2D eigenvalue weighted by atomic mass is 32.1. The number of nitrogens with two attached hydrogens (primary N) is 1. The van der Waals surface area contributed by atoms with Crippen LogP contribution in [0.3, 0.4) is 0 Å². The number of amides is 2. The van der Waals surface area contributed by atoms with Crippen LogP contribution < -0.4 is 11.1 Å². The van der Waals surface area contributed by atoms with E-state index in [0.717, 1.165) is 11.3 Å². The summed E-state index contributed by atoms with van der Waals surface area (Å²) in [7, 11) is 0. The number of anilines is 1. The minimum atomic E-state index is -0.644. The van der Waals surface area contributed by atoms with E-state index >= 15 is 0 Å². The number of thiophene rings is 1. The van der Waals surface area contributed by atoms with Crippen molar-refractivity contribution in [2.75, 3.05) is 5.32 Å². The number of hydrogen-bond acceptors (Lipinski definition) is 6. The van der Waals surface area contributed by atoms with Crippen molar-refractivity contribution in [1.82, 2.24) is 4.98 Å². The topological polar surface area (TPSA) is 102 Å². The molecule has 0 atom stereocenters. The lowest BCUT2D eigenvalue weighted by atomic mass is 10.2. The number of ketones is 1.